The Morgan fingerprint density at radius 1 is 1.23 bits per heavy atom. The predicted molar refractivity (Wildman–Crippen MR) is 59.7 cm³/mol. The molecule has 0 aromatic heterocycles. The fraction of sp³-hybridized carbons (Fsp3) is 1.00. The zero-order valence-corrected chi connectivity index (χ0v) is 10.1. The molecule has 0 spiro atoms. The highest BCUT2D eigenvalue weighted by Gasteiger charge is 2.33. The van der Waals surface area contributed by atoms with Crippen molar-refractivity contribution in [3.8, 4) is 0 Å². The van der Waals surface area contributed by atoms with Crippen LogP contribution in [0.3, 0.4) is 0 Å². The Kier molecular flexibility index (Phi) is 3.43. The Morgan fingerprint density at radius 2 is 1.85 bits per heavy atom. The first kappa shape index (κ1) is 11.1. The molecule has 1 aliphatic rings. The van der Waals surface area contributed by atoms with Crippen LogP contribution in [0, 0.1) is 23.2 Å². The zero-order valence-electron chi connectivity index (χ0n) is 10.1. The lowest BCUT2D eigenvalue weighted by Gasteiger charge is -2.41. The summed E-state index contributed by atoms with van der Waals surface area (Å²) in [4.78, 5) is 0. The van der Waals surface area contributed by atoms with Crippen molar-refractivity contribution in [3.05, 3.63) is 0 Å². The van der Waals surface area contributed by atoms with Gasteiger partial charge in [0.15, 0.2) is 0 Å². The van der Waals surface area contributed by atoms with Crippen molar-refractivity contribution < 1.29 is 0 Å². The van der Waals surface area contributed by atoms with Crippen molar-refractivity contribution in [2.75, 3.05) is 0 Å². The van der Waals surface area contributed by atoms with E-state index >= 15 is 0 Å². The highest BCUT2D eigenvalue weighted by Crippen LogP contribution is 2.45. The number of hydrogen-bond acceptors (Lipinski definition) is 0. The Morgan fingerprint density at radius 3 is 2.31 bits per heavy atom. The molecule has 1 fully saturated rings. The average molecular weight is 182 g/mol. The van der Waals surface area contributed by atoms with Gasteiger partial charge in [0, 0.05) is 0 Å². The van der Waals surface area contributed by atoms with E-state index in [1.165, 1.54) is 25.7 Å². The molecule has 78 valence electrons. The fourth-order valence-electron chi connectivity index (χ4n) is 3.11. The van der Waals surface area contributed by atoms with Crippen molar-refractivity contribution in [3.63, 3.8) is 0 Å². The third-order valence-electron chi connectivity index (χ3n) is 3.89. The summed E-state index contributed by atoms with van der Waals surface area (Å²) < 4.78 is 0. The molecule has 3 atom stereocenters. The van der Waals surface area contributed by atoms with Crippen LogP contribution in [0.1, 0.15) is 60.3 Å². The molecule has 0 bridgehead atoms. The van der Waals surface area contributed by atoms with Crippen molar-refractivity contribution in [2.24, 2.45) is 23.2 Å². The Bertz CT molecular complexity index is 159. The van der Waals surface area contributed by atoms with Crippen molar-refractivity contribution >= 4 is 0 Å². The predicted octanol–water partition coefficient (Wildman–Crippen LogP) is 4.49. The van der Waals surface area contributed by atoms with Gasteiger partial charge in [-0.25, -0.2) is 0 Å². The summed E-state index contributed by atoms with van der Waals surface area (Å²) >= 11 is 0. The summed E-state index contributed by atoms with van der Waals surface area (Å²) in [6, 6.07) is 0. The molecule has 0 heteroatoms. The van der Waals surface area contributed by atoms with Gasteiger partial charge in [0.1, 0.15) is 0 Å². The normalized spacial score (nSPS) is 41.1. The van der Waals surface area contributed by atoms with Gasteiger partial charge < -0.3 is 0 Å². The average Bonchev–Trinajstić information content (AvgIpc) is 1.96. The Hall–Kier alpha value is 0. The van der Waals surface area contributed by atoms with Crippen LogP contribution in [0.25, 0.3) is 0 Å². The second kappa shape index (κ2) is 4.02. The smallest absolute Gasteiger partial charge is 0.0321 e. The summed E-state index contributed by atoms with van der Waals surface area (Å²) in [7, 11) is 0. The van der Waals surface area contributed by atoms with Crippen LogP contribution in [-0.2, 0) is 0 Å². The van der Waals surface area contributed by atoms with E-state index in [0.29, 0.717) is 5.41 Å². The van der Waals surface area contributed by atoms with E-state index < -0.39 is 0 Å². The molecule has 0 aliphatic heterocycles. The molecule has 0 amide bonds. The molecule has 1 saturated carbocycles. The highest BCUT2D eigenvalue weighted by molar-refractivity contribution is 4.84. The van der Waals surface area contributed by atoms with Crippen LogP contribution < -0.4 is 0 Å². The maximum Gasteiger partial charge on any atom is -0.0321 e. The van der Waals surface area contributed by atoms with E-state index in [1.54, 1.807) is 0 Å². The molecule has 0 aromatic carbocycles. The summed E-state index contributed by atoms with van der Waals surface area (Å²) in [6.45, 7) is 12.1. The van der Waals surface area contributed by atoms with Gasteiger partial charge in [0.25, 0.3) is 0 Å². The largest absolute Gasteiger partial charge is 0.0628 e. The molecular formula is C13H26. The van der Waals surface area contributed by atoms with Crippen molar-refractivity contribution in [1.82, 2.24) is 0 Å². The van der Waals surface area contributed by atoms with E-state index in [1.807, 2.05) is 0 Å². The maximum absolute atomic E-state index is 2.50. The van der Waals surface area contributed by atoms with Gasteiger partial charge in [-0.15, -0.1) is 0 Å². The fourth-order valence-corrected chi connectivity index (χ4v) is 3.11. The molecule has 0 nitrogen and oxygen atoms in total. The van der Waals surface area contributed by atoms with Crippen LogP contribution in [-0.4, -0.2) is 0 Å². The minimum absolute atomic E-state index is 0.653. The van der Waals surface area contributed by atoms with Crippen LogP contribution in [0.5, 0.6) is 0 Å². The zero-order chi connectivity index (χ0) is 10.1. The van der Waals surface area contributed by atoms with E-state index in [9.17, 15) is 0 Å². The summed E-state index contributed by atoms with van der Waals surface area (Å²) in [5.74, 6) is 2.77. The lowest BCUT2D eigenvalue weighted by Crippen LogP contribution is -2.30. The van der Waals surface area contributed by atoms with Gasteiger partial charge in [-0.3, -0.25) is 0 Å². The quantitative estimate of drug-likeness (QED) is 0.590. The van der Waals surface area contributed by atoms with Gasteiger partial charge in [0.05, 0.1) is 0 Å². The lowest BCUT2D eigenvalue weighted by atomic mass is 9.64. The third-order valence-corrected chi connectivity index (χ3v) is 3.89. The molecule has 0 N–H and O–H groups in total. The van der Waals surface area contributed by atoms with Gasteiger partial charge in [-0.2, -0.15) is 0 Å². The van der Waals surface area contributed by atoms with Gasteiger partial charge >= 0.3 is 0 Å². The first-order valence-corrected chi connectivity index (χ1v) is 5.93. The van der Waals surface area contributed by atoms with Gasteiger partial charge in [-0.05, 0) is 48.9 Å². The summed E-state index contributed by atoms with van der Waals surface area (Å²) in [5.41, 5.74) is 0.653. The monoisotopic (exact) mass is 182 g/mol. The lowest BCUT2D eigenvalue weighted by molar-refractivity contribution is 0.0988. The standard InChI is InChI=1S/C13H26/c1-10(2)8-13(5)7-6-11(3)12(4)9-13/h10-12H,6-9H2,1-5H3. The van der Waals surface area contributed by atoms with Gasteiger partial charge in [-0.1, -0.05) is 34.6 Å². The molecule has 0 aromatic rings. The molecule has 0 saturated heterocycles. The second-order valence-corrected chi connectivity index (χ2v) is 6.11. The number of hydrogen-bond donors (Lipinski definition) is 0. The topological polar surface area (TPSA) is 0 Å². The minimum atomic E-state index is 0.653. The van der Waals surface area contributed by atoms with Gasteiger partial charge in [0.2, 0.25) is 0 Å². The van der Waals surface area contributed by atoms with Crippen LogP contribution >= 0.6 is 0 Å². The second-order valence-electron chi connectivity index (χ2n) is 6.11. The van der Waals surface area contributed by atoms with Crippen LogP contribution in [0.2, 0.25) is 0 Å². The molecule has 0 heterocycles. The van der Waals surface area contributed by atoms with Crippen molar-refractivity contribution in [1.29, 1.82) is 0 Å². The molecule has 0 radical (unpaired) electrons. The number of rotatable bonds is 2. The Balaban J connectivity index is 2.51. The Labute approximate surface area is 84.1 Å². The van der Waals surface area contributed by atoms with Crippen LogP contribution in [0.4, 0.5) is 0 Å². The van der Waals surface area contributed by atoms with E-state index in [2.05, 4.69) is 34.6 Å². The molecular weight excluding hydrogens is 156 g/mol. The maximum atomic E-state index is 2.50. The third kappa shape index (κ3) is 3.00. The molecule has 13 heavy (non-hydrogen) atoms. The van der Waals surface area contributed by atoms with E-state index in [0.717, 1.165) is 17.8 Å². The first-order chi connectivity index (χ1) is 5.93. The molecule has 1 aliphatic carbocycles. The highest BCUT2D eigenvalue weighted by atomic mass is 14.4. The first-order valence-electron chi connectivity index (χ1n) is 5.93. The molecule has 3 unspecified atom stereocenters. The van der Waals surface area contributed by atoms with Crippen LogP contribution in [0.15, 0.2) is 0 Å². The van der Waals surface area contributed by atoms with E-state index in [4.69, 9.17) is 0 Å². The van der Waals surface area contributed by atoms with Crippen molar-refractivity contribution in [2.45, 2.75) is 60.3 Å². The summed E-state index contributed by atoms with van der Waals surface area (Å²) in [6.07, 6.45) is 5.78. The molecule has 1 rings (SSSR count). The minimum Gasteiger partial charge on any atom is -0.0628 e. The SMILES string of the molecule is CC(C)CC1(C)CCC(C)C(C)C1. The summed E-state index contributed by atoms with van der Waals surface area (Å²) in [5, 5.41) is 0. The van der Waals surface area contributed by atoms with E-state index in [-0.39, 0.29) is 0 Å².